The summed E-state index contributed by atoms with van der Waals surface area (Å²) in [6, 6.07) is 4.99. The Morgan fingerprint density at radius 2 is 1.92 bits per heavy atom. The molecule has 8 heteroatoms. The summed E-state index contributed by atoms with van der Waals surface area (Å²) in [4.78, 5) is 6.13. The van der Waals surface area contributed by atoms with Crippen LogP contribution < -0.4 is 0 Å². The second-order valence-electron chi connectivity index (χ2n) is 7.21. The summed E-state index contributed by atoms with van der Waals surface area (Å²) in [6.07, 6.45) is -1.40. The molecule has 0 spiro atoms. The van der Waals surface area contributed by atoms with Gasteiger partial charge in [0.2, 0.25) is 5.67 Å². The Kier molecular flexibility index (Phi) is 4.25. The fourth-order valence-corrected chi connectivity index (χ4v) is 3.39. The molecule has 1 aromatic carbocycles. The van der Waals surface area contributed by atoms with Crippen LogP contribution in [0.1, 0.15) is 54.4 Å². The van der Waals surface area contributed by atoms with Gasteiger partial charge in [0.15, 0.2) is 5.82 Å². The van der Waals surface area contributed by atoms with E-state index in [1.165, 1.54) is 12.1 Å². The molecule has 2 heterocycles. The molecule has 26 heavy (non-hydrogen) atoms. The highest BCUT2D eigenvalue weighted by atomic mass is 19.4. The minimum absolute atomic E-state index is 0.0246. The number of benzene rings is 1. The van der Waals surface area contributed by atoms with Gasteiger partial charge < -0.3 is 4.52 Å². The number of piperidine rings is 1. The van der Waals surface area contributed by atoms with Crippen LogP contribution in [-0.4, -0.2) is 28.1 Å². The summed E-state index contributed by atoms with van der Waals surface area (Å²) in [5, 5.41) is 3.89. The molecule has 0 radical (unpaired) electrons. The number of likely N-dealkylation sites (tertiary alicyclic amines) is 1. The van der Waals surface area contributed by atoms with Crippen LogP contribution in [0.4, 0.5) is 17.6 Å². The summed E-state index contributed by atoms with van der Waals surface area (Å²) in [5.41, 5.74) is -1.67. The second kappa shape index (κ2) is 6.33. The molecule has 1 unspecified atom stereocenters. The predicted octanol–water partition coefficient (Wildman–Crippen LogP) is 4.43. The zero-order chi connectivity index (χ0) is 18.4. The Bertz CT molecular complexity index is 769. The lowest BCUT2D eigenvalue weighted by molar-refractivity contribution is -0.137. The summed E-state index contributed by atoms with van der Waals surface area (Å²) < 4.78 is 58.5. The molecule has 2 aliphatic rings. The van der Waals surface area contributed by atoms with Crippen molar-refractivity contribution in [2.24, 2.45) is 0 Å². The van der Waals surface area contributed by atoms with Crippen molar-refractivity contribution in [1.29, 1.82) is 0 Å². The number of nitrogens with zero attached hydrogens (tertiary/aromatic N) is 3. The third-order valence-corrected chi connectivity index (χ3v) is 4.98. The van der Waals surface area contributed by atoms with Crippen molar-refractivity contribution in [3.05, 3.63) is 47.1 Å². The molecule has 1 aliphatic heterocycles. The Balaban J connectivity index is 1.44. The molecule has 0 N–H and O–H groups in total. The van der Waals surface area contributed by atoms with Crippen molar-refractivity contribution < 1.29 is 22.1 Å². The van der Waals surface area contributed by atoms with Crippen LogP contribution in [0.15, 0.2) is 28.8 Å². The van der Waals surface area contributed by atoms with Crippen molar-refractivity contribution >= 4 is 0 Å². The zero-order valence-electron chi connectivity index (χ0n) is 14.1. The van der Waals surface area contributed by atoms with E-state index in [9.17, 15) is 13.2 Å². The van der Waals surface area contributed by atoms with E-state index >= 15 is 4.39 Å². The van der Waals surface area contributed by atoms with Gasteiger partial charge in [-0.1, -0.05) is 17.3 Å². The van der Waals surface area contributed by atoms with E-state index in [1.54, 1.807) is 0 Å². The van der Waals surface area contributed by atoms with E-state index in [0.29, 0.717) is 43.2 Å². The lowest BCUT2D eigenvalue weighted by Gasteiger charge is -2.35. The molecule has 1 aliphatic carbocycles. The molecule has 2 fully saturated rings. The first-order valence-corrected chi connectivity index (χ1v) is 8.75. The number of halogens is 4. The Labute approximate surface area is 148 Å². The lowest BCUT2D eigenvalue weighted by Crippen LogP contribution is -2.43. The average Bonchev–Trinajstić information content (AvgIpc) is 3.31. The van der Waals surface area contributed by atoms with E-state index in [2.05, 4.69) is 10.1 Å². The molecule has 140 valence electrons. The second-order valence-corrected chi connectivity index (χ2v) is 7.21. The van der Waals surface area contributed by atoms with Crippen LogP contribution in [0.5, 0.6) is 0 Å². The smallest absolute Gasteiger partial charge is 0.336 e. The van der Waals surface area contributed by atoms with Crippen LogP contribution in [0.2, 0.25) is 0 Å². The highest BCUT2D eigenvalue weighted by Crippen LogP contribution is 2.41. The largest absolute Gasteiger partial charge is 0.416 e. The van der Waals surface area contributed by atoms with Crippen LogP contribution in [-0.2, 0) is 18.4 Å². The first kappa shape index (κ1) is 17.5. The fourth-order valence-electron chi connectivity index (χ4n) is 3.39. The van der Waals surface area contributed by atoms with Gasteiger partial charge in [-0.3, -0.25) is 4.90 Å². The summed E-state index contributed by atoms with van der Waals surface area (Å²) in [6.45, 7) is 1.16. The highest BCUT2D eigenvalue weighted by Gasteiger charge is 2.43. The van der Waals surface area contributed by atoms with E-state index in [4.69, 9.17) is 4.52 Å². The third kappa shape index (κ3) is 3.60. The minimum Gasteiger partial charge on any atom is -0.336 e. The van der Waals surface area contributed by atoms with Gasteiger partial charge in [0, 0.05) is 19.0 Å². The molecule has 1 atom stereocenters. The van der Waals surface area contributed by atoms with Crippen molar-refractivity contribution in [3.8, 4) is 0 Å². The molecule has 2 aromatic rings. The SMILES string of the molecule is FC(F)(F)c1ccc(CN2CCCC(F)(c3nc(C4CC4)no3)C2)cc1. The summed E-state index contributed by atoms with van der Waals surface area (Å²) in [7, 11) is 0. The number of alkyl halides is 4. The highest BCUT2D eigenvalue weighted by molar-refractivity contribution is 5.24. The van der Waals surface area contributed by atoms with Crippen LogP contribution in [0.25, 0.3) is 0 Å². The van der Waals surface area contributed by atoms with Crippen molar-refractivity contribution in [3.63, 3.8) is 0 Å². The van der Waals surface area contributed by atoms with Crippen LogP contribution in [0, 0.1) is 0 Å². The molecule has 4 nitrogen and oxygen atoms in total. The van der Waals surface area contributed by atoms with E-state index in [0.717, 1.165) is 25.0 Å². The first-order chi connectivity index (χ1) is 12.3. The van der Waals surface area contributed by atoms with Gasteiger partial charge >= 0.3 is 6.18 Å². The van der Waals surface area contributed by atoms with E-state index in [1.807, 2.05) is 4.90 Å². The van der Waals surface area contributed by atoms with Crippen LogP contribution >= 0.6 is 0 Å². The molecule has 1 saturated heterocycles. The van der Waals surface area contributed by atoms with Gasteiger partial charge in [-0.2, -0.15) is 18.2 Å². The van der Waals surface area contributed by atoms with E-state index in [-0.39, 0.29) is 12.4 Å². The predicted molar refractivity (Wildman–Crippen MR) is 85.0 cm³/mol. The minimum atomic E-state index is -4.35. The number of hydrogen-bond acceptors (Lipinski definition) is 4. The summed E-state index contributed by atoms with van der Waals surface area (Å²) in [5.74, 6) is 0.899. The number of aromatic nitrogens is 2. The van der Waals surface area contributed by atoms with E-state index < -0.39 is 17.4 Å². The maximum Gasteiger partial charge on any atom is 0.416 e. The fraction of sp³-hybridized carbons (Fsp3) is 0.556. The van der Waals surface area contributed by atoms with Crippen molar-refractivity contribution in [2.75, 3.05) is 13.1 Å². The number of rotatable bonds is 4. The number of hydrogen-bond donors (Lipinski definition) is 0. The van der Waals surface area contributed by atoms with Gasteiger partial charge in [0.1, 0.15) is 0 Å². The van der Waals surface area contributed by atoms with Gasteiger partial charge in [-0.25, -0.2) is 4.39 Å². The topological polar surface area (TPSA) is 42.2 Å². The average molecular weight is 369 g/mol. The monoisotopic (exact) mass is 369 g/mol. The maximum absolute atomic E-state index is 15.4. The van der Waals surface area contributed by atoms with Crippen molar-refractivity contribution in [1.82, 2.24) is 15.0 Å². The molecular weight excluding hydrogens is 350 g/mol. The molecule has 0 bridgehead atoms. The van der Waals surface area contributed by atoms with Crippen molar-refractivity contribution in [2.45, 2.75) is 50.0 Å². The van der Waals surface area contributed by atoms with Gasteiger partial charge in [-0.05, 0) is 49.9 Å². The van der Waals surface area contributed by atoms with Gasteiger partial charge in [0.05, 0.1) is 5.56 Å². The van der Waals surface area contributed by atoms with Gasteiger partial charge in [0.25, 0.3) is 5.89 Å². The molecule has 1 saturated carbocycles. The molecule has 1 aromatic heterocycles. The molecule has 4 rings (SSSR count). The third-order valence-electron chi connectivity index (χ3n) is 4.98. The zero-order valence-corrected chi connectivity index (χ0v) is 14.1. The quantitative estimate of drug-likeness (QED) is 0.748. The lowest BCUT2D eigenvalue weighted by atomic mass is 9.94. The van der Waals surface area contributed by atoms with Crippen LogP contribution in [0.3, 0.4) is 0 Å². The standard InChI is InChI=1S/C18H19F4N3O/c19-17(16-23-15(24-26-16)13-4-5-13)8-1-9-25(11-17)10-12-2-6-14(7-3-12)18(20,21)22/h2-3,6-7,13H,1,4-5,8-11H2. The normalized spacial score (nSPS) is 24.8. The first-order valence-electron chi connectivity index (χ1n) is 8.75. The van der Waals surface area contributed by atoms with Gasteiger partial charge in [-0.15, -0.1) is 0 Å². The molecular formula is C18H19F4N3O. The molecule has 0 amide bonds. The Hall–Kier alpha value is -1.96. The Morgan fingerprint density at radius 3 is 2.58 bits per heavy atom. The maximum atomic E-state index is 15.4. The Morgan fingerprint density at radius 1 is 1.19 bits per heavy atom. The summed E-state index contributed by atoms with van der Waals surface area (Å²) >= 11 is 0.